The van der Waals surface area contributed by atoms with E-state index < -0.39 is 11.9 Å². The quantitative estimate of drug-likeness (QED) is 0.874. The van der Waals surface area contributed by atoms with Gasteiger partial charge in [-0.05, 0) is 24.3 Å². The van der Waals surface area contributed by atoms with Crippen molar-refractivity contribution in [2.24, 2.45) is 0 Å². The van der Waals surface area contributed by atoms with Gasteiger partial charge >= 0.3 is 5.97 Å². The maximum Gasteiger partial charge on any atom is 0.341 e. The summed E-state index contributed by atoms with van der Waals surface area (Å²) in [6.07, 6.45) is 2.60. The molecule has 0 atom stereocenters. The molecule has 2 aromatic rings. The molecule has 0 aliphatic carbocycles. The highest BCUT2D eigenvalue weighted by Gasteiger charge is 2.11. The third kappa shape index (κ3) is 3.86. The van der Waals surface area contributed by atoms with Crippen LogP contribution in [-0.2, 0) is 9.53 Å². The fourth-order valence-corrected chi connectivity index (χ4v) is 1.55. The number of carbonyl (C=O) groups excluding carboxylic acids is 2. The predicted octanol–water partition coefficient (Wildman–Crippen LogP) is 2.73. The molecule has 2 rings (SSSR count). The summed E-state index contributed by atoms with van der Waals surface area (Å²) in [5.74, 6) is -1.06. The van der Waals surface area contributed by atoms with Gasteiger partial charge in [0.15, 0.2) is 6.61 Å². The van der Waals surface area contributed by atoms with Gasteiger partial charge in [0, 0.05) is 10.7 Å². The highest BCUT2D eigenvalue weighted by Crippen LogP contribution is 2.14. The van der Waals surface area contributed by atoms with Crippen LogP contribution in [0.15, 0.2) is 47.3 Å². The number of halogens is 1. The highest BCUT2D eigenvalue weighted by atomic mass is 35.5. The van der Waals surface area contributed by atoms with Crippen LogP contribution in [0.2, 0.25) is 5.02 Å². The summed E-state index contributed by atoms with van der Waals surface area (Å²) >= 11 is 5.78. The molecule has 1 aromatic carbocycles. The molecule has 0 saturated heterocycles. The standard InChI is InChI=1S/C13H10ClNO4/c14-10-2-1-3-11(6-10)15-12(16)8-19-13(17)9-4-5-18-7-9/h1-7H,8H2,(H,15,16). The Kier molecular flexibility index (Phi) is 4.20. The second kappa shape index (κ2) is 6.06. The second-order valence-corrected chi connectivity index (χ2v) is 4.08. The molecule has 0 bridgehead atoms. The molecule has 5 nitrogen and oxygen atoms in total. The van der Waals surface area contributed by atoms with E-state index in [4.69, 9.17) is 20.8 Å². The summed E-state index contributed by atoms with van der Waals surface area (Å²) in [7, 11) is 0. The minimum Gasteiger partial charge on any atom is -0.472 e. The molecule has 1 N–H and O–H groups in total. The number of carbonyl (C=O) groups is 2. The summed E-state index contributed by atoms with van der Waals surface area (Å²) in [5.41, 5.74) is 0.799. The molecule has 0 saturated carbocycles. The number of hydrogen-bond acceptors (Lipinski definition) is 4. The lowest BCUT2D eigenvalue weighted by atomic mass is 10.3. The van der Waals surface area contributed by atoms with Crippen molar-refractivity contribution >= 4 is 29.2 Å². The SMILES string of the molecule is O=C(COC(=O)c1ccoc1)Nc1cccc(Cl)c1. The number of esters is 1. The maximum atomic E-state index is 11.5. The van der Waals surface area contributed by atoms with E-state index in [0.29, 0.717) is 10.7 Å². The Morgan fingerprint density at radius 3 is 2.84 bits per heavy atom. The van der Waals surface area contributed by atoms with Gasteiger partial charge in [0.25, 0.3) is 5.91 Å². The van der Waals surface area contributed by atoms with Gasteiger partial charge in [-0.1, -0.05) is 17.7 Å². The smallest absolute Gasteiger partial charge is 0.341 e. The Hall–Kier alpha value is -2.27. The summed E-state index contributed by atoms with van der Waals surface area (Å²) in [5, 5.41) is 3.07. The first-order valence-electron chi connectivity index (χ1n) is 5.40. The van der Waals surface area contributed by atoms with Crippen molar-refractivity contribution in [1.82, 2.24) is 0 Å². The van der Waals surface area contributed by atoms with Gasteiger partial charge < -0.3 is 14.5 Å². The van der Waals surface area contributed by atoms with Crippen molar-refractivity contribution in [3.05, 3.63) is 53.4 Å². The molecule has 0 unspecified atom stereocenters. The lowest BCUT2D eigenvalue weighted by Gasteiger charge is -2.06. The number of nitrogens with one attached hydrogen (secondary N) is 1. The van der Waals surface area contributed by atoms with Crippen LogP contribution >= 0.6 is 11.6 Å². The zero-order chi connectivity index (χ0) is 13.7. The van der Waals surface area contributed by atoms with Gasteiger partial charge in [-0.25, -0.2) is 4.79 Å². The monoisotopic (exact) mass is 279 g/mol. The van der Waals surface area contributed by atoms with Crippen LogP contribution in [0.25, 0.3) is 0 Å². The van der Waals surface area contributed by atoms with Crippen LogP contribution in [0.3, 0.4) is 0 Å². The lowest BCUT2D eigenvalue weighted by molar-refractivity contribution is -0.119. The van der Waals surface area contributed by atoms with Crippen LogP contribution in [0.1, 0.15) is 10.4 Å². The van der Waals surface area contributed by atoms with Crippen LogP contribution < -0.4 is 5.32 Å². The molecule has 1 amide bonds. The number of anilines is 1. The van der Waals surface area contributed by atoms with Gasteiger partial charge in [0.2, 0.25) is 0 Å². The molecule has 0 radical (unpaired) electrons. The Morgan fingerprint density at radius 1 is 1.32 bits per heavy atom. The third-order valence-corrected chi connectivity index (χ3v) is 2.43. The van der Waals surface area contributed by atoms with E-state index in [1.54, 1.807) is 24.3 Å². The third-order valence-electron chi connectivity index (χ3n) is 2.20. The minimum atomic E-state index is -0.616. The van der Waals surface area contributed by atoms with E-state index in [1.165, 1.54) is 18.6 Å². The molecule has 0 aliphatic heterocycles. The van der Waals surface area contributed by atoms with Crippen LogP contribution in [0.4, 0.5) is 5.69 Å². The Morgan fingerprint density at radius 2 is 2.16 bits per heavy atom. The zero-order valence-corrected chi connectivity index (χ0v) is 10.5. The number of rotatable bonds is 4. The first kappa shape index (κ1) is 13.2. The number of benzene rings is 1. The maximum absolute atomic E-state index is 11.5. The van der Waals surface area contributed by atoms with Gasteiger partial charge in [-0.3, -0.25) is 4.79 Å². The first-order chi connectivity index (χ1) is 9.15. The fourth-order valence-electron chi connectivity index (χ4n) is 1.36. The topological polar surface area (TPSA) is 68.5 Å². The minimum absolute atomic E-state index is 0.260. The molecule has 1 heterocycles. The average Bonchev–Trinajstić information content (AvgIpc) is 2.90. The zero-order valence-electron chi connectivity index (χ0n) is 9.76. The Bertz CT molecular complexity index is 580. The summed E-state index contributed by atoms with van der Waals surface area (Å²) in [6.45, 7) is -0.378. The molecule has 1 aromatic heterocycles. The molecular formula is C13H10ClNO4. The van der Waals surface area contributed by atoms with Gasteiger partial charge in [-0.2, -0.15) is 0 Å². The largest absolute Gasteiger partial charge is 0.472 e. The van der Waals surface area contributed by atoms with E-state index in [1.807, 2.05) is 0 Å². The lowest BCUT2D eigenvalue weighted by Crippen LogP contribution is -2.20. The summed E-state index contributed by atoms with van der Waals surface area (Å²) in [6, 6.07) is 8.13. The second-order valence-electron chi connectivity index (χ2n) is 3.65. The van der Waals surface area contributed by atoms with Crippen LogP contribution in [0.5, 0.6) is 0 Å². The normalized spacial score (nSPS) is 9.95. The van der Waals surface area contributed by atoms with Gasteiger partial charge in [-0.15, -0.1) is 0 Å². The van der Waals surface area contributed by atoms with Gasteiger partial charge in [0.1, 0.15) is 6.26 Å². The van der Waals surface area contributed by atoms with E-state index in [0.717, 1.165) is 0 Å². The van der Waals surface area contributed by atoms with Crippen molar-refractivity contribution in [3.8, 4) is 0 Å². The van der Waals surface area contributed by atoms with E-state index >= 15 is 0 Å². The number of furan rings is 1. The molecular weight excluding hydrogens is 270 g/mol. The number of ether oxygens (including phenoxy) is 1. The van der Waals surface area contributed by atoms with Crippen molar-refractivity contribution in [2.75, 3.05) is 11.9 Å². The Labute approximate surface area is 114 Å². The van der Waals surface area contributed by atoms with Crippen LogP contribution in [0, 0.1) is 0 Å². The molecule has 0 spiro atoms. The molecule has 0 aliphatic rings. The molecule has 6 heteroatoms. The average molecular weight is 280 g/mol. The first-order valence-corrected chi connectivity index (χ1v) is 5.78. The van der Waals surface area contributed by atoms with E-state index in [9.17, 15) is 9.59 Å². The Balaban J connectivity index is 1.83. The van der Waals surface area contributed by atoms with Crippen molar-refractivity contribution in [2.45, 2.75) is 0 Å². The van der Waals surface area contributed by atoms with E-state index in [-0.39, 0.29) is 12.2 Å². The molecule has 98 valence electrons. The number of amides is 1. The van der Waals surface area contributed by atoms with Gasteiger partial charge in [0.05, 0.1) is 11.8 Å². The van der Waals surface area contributed by atoms with Crippen molar-refractivity contribution < 1.29 is 18.7 Å². The molecule has 19 heavy (non-hydrogen) atoms. The van der Waals surface area contributed by atoms with Crippen molar-refractivity contribution in [3.63, 3.8) is 0 Å². The summed E-state index contributed by atoms with van der Waals surface area (Å²) in [4.78, 5) is 23.0. The number of hydrogen-bond donors (Lipinski definition) is 1. The van der Waals surface area contributed by atoms with Crippen LogP contribution in [-0.4, -0.2) is 18.5 Å². The van der Waals surface area contributed by atoms with Crippen molar-refractivity contribution in [1.29, 1.82) is 0 Å². The summed E-state index contributed by atoms with van der Waals surface area (Å²) < 4.78 is 9.54. The highest BCUT2D eigenvalue weighted by molar-refractivity contribution is 6.30. The van der Waals surface area contributed by atoms with E-state index in [2.05, 4.69) is 5.32 Å². The fraction of sp³-hybridized carbons (Fsp3) is 0.0769. The predicted molar refractivity (Wildman–Crippen MR) is 69.1 cm³/mol. The molecule has 0 fully saturated rings.